The molecule has 2 bridgehead atoms. The second-order valence-electron chi connectivity index (χ2n) is 9.37. The monoisotopic (exact) mass is 330 g/mol. The smallest absolute Gasteiger partial charge is 0.144 e. The standard InChI is InChI=1S/C24H26O/c1-23(2,3)20-6-4-5-16-12-17-8-10-22(25)24(21(17)13-19(16)20)14-15-7-9-18(24)11-15/h4-7,9,12-13,15,18H,8,10-11,14H2,1-3H3. The van der Waals surface area contributed by atoms with Crippen LogP contribution in [0.2, 0.25) is 0 Å². The van der Waals surface area contributed by atoms with Gasteiger partial charge in [0.2, 0.25) is 0 Å². The summed E-state index contributed by atoms with van der Waals surface area (Å²) in [7, 11) is 0. The third-order valence-electron chi connectivity index (χ3n) is 6.90. The number of aryl methyl sites for hydroxylation is 1. The Bertz CT molecular complexity index is 927. The highest BCUT2D eigenvalue weighted by molar-refractivity contribution is 5.97. The Kier molecular flexibility index (Phi) is 2.98. The van der Waals surface area contributed by atoms with E-state index in [2.05, 4.69) is 63.3 Å². The number of ketones is 1. The zero-order valence-corrected chi connectivity index (χ0v) is 15.4. The van der Waals surface area contributed by atoms with Crippen molar-refractivity contribution in [2.75, 3.05) is 0 Å². The first-order valence-electron chi connectivity index (χ1n) is 9.68. The highest BCUT2D eigenvalue weighted by atomic mass is 16.1. The van der Waals surface area contributed by atoms with Crippen LogP contribution in [0.1, 0.15) is 56.7 Å². The fraction of sp³-hybridized carbons (Fsp3) is 0.458. The van der Waals surface area contributed by atoms with E-state index < -0.39 is 0 Å². The molecule has 0 aromatic heterocycles. The minimum Gasteiger partial charge on any atom is -0.299 e. The van der Waals surface area contributed by atoms with Crippen molar-refractivity contribution in [3.63, 3.8) is 0 Å². The number of hydrogen-bond donors (Lipinski definition) is 0. The summed E-state index contributed by atoms with van der Waals surface area (Å²) in [5, 5.41) is 2.67. The molecule has 5 rings (SSSR count). The molecule has 0 amide bonds. The van der Waals surface area contributed by atoms with Gasteiger partial charge in [0.25, 0.3) is 0 Å². The van der Waals surface area contributed by atoms with Gasteiger partial charge in [-0.25, -0.2) is 0 Å². The van der Waals surface area contributed by atoms with Gasteiger partial charge in [-0.2, -0.15) is 0 Å². The first-order valence-corrected chi connectivity index (χ1v) is 9.68. The van der Waals surface area contributed by atoms with Crippen LogP contribution in [0, 0.1) is 11.8 Å². The average molecular weight is 330 g/mol. The minimum absolute atomic E-state index is 0.105. The van der Waals surface area contributed by atoms with Gasteiger partial charge >= 0.3 is 0 Å². The maximum atomic E-state index is 13.2. The van der Waals surface area contributed by atoms with Gasteiger partial charge in [-0.05, 0) is 70.0 Å². The number of Topliss-reactive ketones (excluding diaryl/α,β-unsaturated/α-hetero) is 1. The highest BCUT2D eigenvalue weighted by Gasteiger charge is 2.55. The molecule has 3 unspecified atom stereocenters. The quantitative estimate of drug-likeness (QED) is 0.584. The number of hydrogen-bond acceptors (Lipinski definition) is 1. The zero-order chi connectivity index (χ0) is 17.4. The molecule has 2 aromatic rings. The van der Waals surface area contributed by atoms with Crippen LogP contribution in [0.5, 0.6) is 0 Å². The van der Waals surface area contributed by atoms with Gasteiger partial charge in [-0.15, -0.1) is 0 Å². The number of allylic oxidation sites excluding steroid dienone is 2. The van der Waals surface area contributed by atoms with Gasteiger partial charge < -0.3 is 0 Å². The van der Waals surface area contributed by atoms with E-state index in [0.29, 0.717) is 24.0 Å². The maximum Gasteiger partial charge on any atom is 0.144 e. The predicted octanol–water partition coefficient (Wildman–Crippen LogP) is 5.49. The Labute approximate surface area is 150 Å². The van der Waals surface area contributed by atoms with Crippen molar-refractivity contribution in [2.45, 2.75) is 57.3 Å². The topological polar surface area (TPSA) is 17.1 Å². The lowest BCUT2D eigenvalue weighted by Gasteiger charge is -2.40. The third kappa shape index (κ3) is 1.99. The third-order valence-corrected chi connectivity index (χ3v) is 6.90. The number of fused-ring (bicyclic) bond motifs is 6. The molecule has 0 aliphatic heterocycles. The van der Waals surface area contributed by atoms with Crippen molar-refractivity contribution in [1.82, 2.24) is 0 Å². The lowest BCUT2D eigenvalue weighted by atomic mass is 9.61. The normalized spacial score (nSPS) is 30.4. The lowest BCUT2D eigenvalue weighted by molar-refractivity contribution is -0.126. The summed E-state index contributed by atoms with van der Waals surface area (Å²) in [6, 6.07) is 11.4. The van der Waals surface area contributed by atoms with Crippen molar-refractivity contribution in [2.24, 2.45) is 11.8 Å². The fourth-order valence-electron chi connectivity index (χ4n) is 5.76. The first-order chi connectivity index (χ1) is 11.9. The number of carbonyl (C=O) groups excluding carboxylic acids is 1. The van der Waals surface area contributed by atoms with E-state index in [-0.39, 0.29) is 10.8 Å². The van der Waals surface area contributed by atoms with Crippen LogP contribution in [0.4, 0.5) is 0 Å². The fourth-order valence-corrected chi connectivity index (χ4v) is 5.76. The molecular formula is C24H26O. The average Bonchev–Trinajstić information content (AvgIpc) is 3.18. The largest absolute Gasteiger partial charge is 0.299 e. The van der Waals surface area contributed by atoms with Gasteiger partial charge in [0.15, 0.2) is 0 Å². The number of carbonyl (C=O) groups is 1. The summed E-state index contributed by atoms with van der Waals surface area (Å²) in [5.41, 5.74) is 4.03. The zero-order valence-electron chi connectivity index (χ0n) is 15.4. The molecule has 0 N–H and O–H groups in total. The van der Waals surface area contributed by atoms with E-state index in [1.807, 2.05) is 0 Å². The van der Waals surface area contributed by atoms with E-state index in [0.717, 1.165) is 12.8 Å². The van der Waals surface area contributed by atoms with Gasteiger partial charge in [0, 0.05) is 6.42 Å². The molecular weight excluding hydrogens is 304 g/mol. The molecule has 2 aromatic carbocycles. The van der Waals surface area contributed by atoms with Crippen molar-refractivity contribution in [3.05, 3.63) is 59.2 Å². The second kappa shape index (κ2) is 4.84. The molecule has 0 saturated heterocycles. The molecule has 1 heteroatoms. The van der Waals surface area contributed by atoms with Crippen LogP contribution < -0.4 is 0 Å². The summed E-state index contributed by atoms with van der Waals surface area (Å²) in [4.78, 5) is 13.2. The Morgan fingerprint density at radius 3 is 2.60 bits per heavy atom. The summed E-state index contributed by atoms with van der Waals surface area (Å²) in [6.07, 6.45) is 8.51. The van der Waals surface area contributed by atoms with Crippen LogP contribution >= 0.6 is 0 Å². The highest BCUT2D eigenvalue weighted by Crippen LogP contribution is 2.57. The van der Waals surface area contributed by atoms with E-state index in [4.69, 9.17) is 0 Å². The number of rotatable bonds is 0. The van der Waals surface area contributed by atoms with Gasteiger partial charge in [0.05, 0.1) is 5.41 Å². The van der Waals surface area contributed by atoms with E-state index in [1.165, 1.54) is 33.9 Å². The van der Waals surface area contributed by atoms with E-state index in [1.54, 1.807) is 0 Å². The van der Waals surface area contributed by atoms with Gasteiger partial charge in [0.1, 0.15) is 5.78 Å². The SMILES string of the molecule is CC(C)(C)c1cccc2cc3c(cc12)C1(CC2C=CC1C2)C(=O)CC3. The Hall–Kier alpha value is -1.89. The lowest BCUT2D eigenvalue weighted by Crippen LogP contribution is -2.43. The maximum absolute atomic E-state index is 13.2. The summed E-state index contributed by atoms with van der Waals surface area (Å²) in [6.45, 7) is 6.84. The van der Waals surface area contributed by atoms with Crippen LogP contribution in [0.25, 0.3) is 10.8 Å². The molecule has 1 fully saturated rings. The summed E-state index contributed by atoms with van der Waals surface area (Å²) >= 11 is 0. The molecule has 3 aliphatic carbocycles. The molecule has 3 aliphatic rings. The molecule has 0 heterocycles. The molecule has 128 valence electrons. The van der Waals surface area contributed by atoms with Crippen LogP contribution in [-0.2, 0) is 22.0 Å². The van der Waals surface area contributed by atoms with Crippen LogP contribution in [-0.4, -0.2) is 5.78 Å². The molecule has 0 radical (unpaired) electrons. The molecule has 1 nitrogen and oxygen atoms in total. The van der Waals surface area contributed by atoms with Gasteiger partial charge in [-0.1, -0.05) is 57.2 Å². The summed E-state index contributed by atoms with van der Waals surface area (Å²) in [5.74, 6) is 1.51. The Morgan fingerprint density at radius 1 is 1.08 bits per heavy atom. The Morgan fingerprint density at radius 2 is 1.92 bits per heavy atom. The van der Waals surface area contributed by atoms with Crippen molar-refractivity contribution in [3.8, 4) is 0 Å². The van der Waals surface area contributed by atoms with Crippen LogP contribution in [0.15, 0.2) is 42.5 Å². The van der Waals surface area contributed by atoms with Crippen molar-refractivity contribution >= 4 is 16.6 Å². The van der Waals surface area contributed by atoms with Crippen molar-refractivity contribution in [1.29, 1.82) is 0 Å². The Balaban J connectivity index is 1.81. The van der Waals surface area contributed by atoms with Crippen LogP contribution in [0.3, 0.4) is 0 Å². The van der Waals surface area contributed by atoms with E-state index >= 15 is 0 Å². The molecule has 3 atom stereocenters. The minimum atomic E-state index is -0.230. The summed E-state index contributed by atoms with van der Waals surface area (Å²) < 4.78 is 0. The molecule has 1 spiro atoms. The molecule has 25 heavy (non-hydrogen) atoms. The second-order valence-corrected chi connectivity index (χ2v) is 9.37. The molecule has 1 saturated carbocycles. The first kappa shape index (κ1) is 15.4. The number of benzene rings is 2. The predicted molar refractivity (Wildman–Crippen MR) is 103 cm³/mol. The van der Waals surface area contributed by atoms with E-state index in [9.17, 15) is 4.79 Å². The van der Waals surface area contributed by atoms with Crippen molar-refractivity contribution < 1.29 is 4.79 Å². The van der Waals surface area contributed by atoms with Gasteiger partial charge in [-0.3, -0.25) is 4.79 Å².